The molecule has 0 aromatic carbocycles. The quantitative estimate of drug-likeness (QED) is 0.694. The average molecular weight is 428 g/mol. The van der Waals surface area contributed by atoms with E-state index in [-0.39, 0.29) is 22.6 Å². The molecule has 3 heterocycles. The van der Waals surface area contributed by atoms with Crippen LogP contribution < -0.4 is 0 Å². The highest BCUT2D eigenvalue weighted by Gasteiger charge is 2.28. The number of amides is 2. The van der Waals surface area contributed by atoms with Crippen molar-refractivity contribution in [1.29, 1.82) is 0 Å². The van der Waals surface area contributed by atoms with Crippen LogP contribution in [0.3, 0.4) is 0 Å². The summed E-state index contributed by atoms with van der Waals surface area (Å²) in [6.45, 7) is 2.61. The second kappa shape index (κ2) is 8.78. The Hall–Kier alpha value is -1.67. The van der Waals surface area contributed by atoms with Gasteiger partial charge in [0.25, 0.3) is 0 Å². The Morgan fingerprint density at radius 1 is 1.29 bits per heavy atom. The van der Waals surface area contributed by atoms with Crippen molar-refractivity contribution in [1.82, 2.24) is 14.8 Å². The van der Waals surface area contributed by atoms with Crippen molar-refractivity contribution in [3.05, 3.63) is 23.0 Å². The largest absolute Gasteiger partial charge is 0.343 e. The number of nitrogens with zero attached hydrogens (tertiary/aromatic N) is 3. The molecule has 0 aliphatic carbocycles. The molecule has 2 saturated heterocycles. The van der Waals surface area contributed by atoms with Crippen LogP contribution in [0.4, 0.5) is 0 Å². The summed E-state index contributed by atoms with van der Waals surface area (Å²) in [5.74, 6) is 0.274. The van der Waals surface area contributed by atoms with Crippen molar-refractivity contribution in [2.45, 2.75) is 49.3 Å². The van der Waals surface area contributed by atoms with Crippen LogP contribution in [-0.4, -0.2) is 67.5 Å². The number of piperidine rings is 1. The number of sulfone groups is 1. The van der Waals surface area contributed by atoms with Crippen LogP contribution in [0.5, 0.6) is 0 Å². The first-order valence-electron chi connectivity index (χ1n) is 9.67. The summed E-state index contributed by atoms with van der Waals surface area (Å²) in [4.78, 5) is 32.2. The van der Waals surface area contributed by atoms with Gasteiger partial charge >= 0.3 is 0 Å². The monoisotopic (exact) mass is 427 g/mol. The molecule has 28 heavy (non-hydrogen) atoms. The van der Waals surface area contributed by atoms with Crippen molar-refractivity contribution in [3.63, 3.8) is 0 Å². The summed E-state index contributed by atoms with van der Waals surface area (Å²) in [6, 6.07) is 1.45. The van der Waals surface area contributed by atoms with Gasteiger partial charge < -0.3 is 9.80 Å². The number of hydrogen-bond acceptors (Lipinski definition) is 5. The number of halogens is 1. The second-order valence-electron chi connectivity index (χ2n) is 7.55. The Bertz CT molecular complexity index is 851. The number of pyridine rings is 1. The number of hydrogen-bond donors (Lipinski definition) is 0. The van der Waals surface area contributed by atoms with Gasteiger partial charge in [0.2, 0.25) is 11.8 Å². The zero-order valence-electron chi connectivity index (χ0n) is 16.1. The Balaban J connectivity index is 1.53. The molecule has 2 aliphatic heterocycles. The summed E-state index contributed by atoms with van der Waals surface area (Å²) in [6.07, 6.45) is 6.63. The zero-order chi connectivity index (χ0) is 20.3. The molecule has 7 nitrogen and oxygen atoms in total. The Morgan fingerprint density at radius 2 is 2.00 bits per heavy atom. The van der Waals surface area contributed by atoms with Gasteiger partial charge in [0, 0.05) is 57.4 Å². The van der Waals surface area contributed by atoms with Gasteiger partial charge in [0.15, 0.2) is 9.84 Å². The molecule has 9 heteroatoms. The molecule has 1 aromatic heterocycles. The minimum atomic E-state index is -3.42. The Kier molecular flexibility index (Phi) is 6.60. The molecule has 0 saturated carbocycles. The lowest BCUT2D eigenvalue weighted by atomic mass is 9.92. The van der Waals surface area contributed by atoms with Crippen molar-refractivity contribution in [3.8, 4) is 0 Å². The maximum absolute atomic E-state index is 12.5. The fourth-order valence-corrected chi connectivity index (χ4v) is 5.12. The molecule has 0 radical (unpaired) electrons. The van der Waals surface area contributed by atoms with Crippen LogP contribution in [0.2, 0.25) is 5.02 Å². The fourth-order valence-electron chi connectivity index (χ4n) is 3.96. The van der Waals surface area contributed by atoms with E-state index in [0.29, 0.717) is 62.5 Å². The van der Waals surface area contributed by atoms with Crippen molar-refractivity contribution in [2.24, 2.45) is 0 Å². The van der Waals surface area contributed by atoms with E-state index in [2.05, 4.69) is 4.98 Å². The minimum absolute atomic E-state index is 0.00624. The maximum Gasteiger partial charge on any atom is 0.222 e. The summed E-state index contributed by atoms with van der Waals surface area (Å²) in [7, 11) is -3.42. The van der Waals surface area contributed by atoms with Crippen LogP contribution in [0.15, 0.2) is 17.2 Å². The van der Waals surface area contributed by atoms with Gasteiger partial charge in [0.1, 0.15) is 0 Å². The maximum atomic E-state index is 12.5. The van der Waals surface area contributed by atoms with E-state index < -0.39 is 9.84 Å². The van der Waals surface area contributed by atoms with E-state index in [1.807, 2.05) is 9.80 Å². The first-order valence-corrected chi connectivity index (χ1v) is 11.9. The van der Waals surface area contributed by atoms with E-state index in [0.717, 1.165) is 19.2 Å². The van der Waals surface area contributed by atoms with Gasteiger partial charge in [0.05, 0.1) is 15.6 Å². The fraction of sp³-hybridized carbons (Fsp3) is 0.632. The van der Waals surface area contributed by atoms with E-state index in [9.17, 15) is 18.0 Å². The highest BCUT2D eigenvalue weighted by molar-refractivity contribution is 7.90. The molecule has 0 atom stereocenters. The summed E-state index contributed by atoms with van der Waals surface area (Å²) in [5, 5.41) is 0.299. The molecule has 3 rings (SSSR count). The summed E-state index contributed by atoms with van der Waals surface area (Å²) < 4.78 is 24.2. The third kappa shape index (κ3) is 5.03. The summed E-state index contributed by atoms with van der Waals surface area (Å²) in [5.41, 5.74) is 0.548. The number of carbonyl (C=O) groups is 2. The highest BCUT2D eigenvalue weighted by Crippen LogP contribution is 2.32. The van der Waals surface area contributed by atoms with E-state index in [1.54, 1.807) is 0 Å². The zero-order valence-corrected chi connectivity index (χ0v) is 17.6. The van der Waals surface area contributed by atoms with Gasteiger partial charge in [-0.1, -0.05) is 11.6 Å². The van der Waals surface area contributed by atoms with E-state index in [4.69, 9.17) is 11.6 Å². The third-order valence-corrected chi connectivity index (χ3v) is 6.80. The molecule has 2 amide bonds. The standard InChI is InChI=1S/C19H26ClN3O4S/c1-28(26,27)16-12-15(20)13-21-19(16)14-6-10-23(11-7-14)18(25)5-3-9-22-8-2-4-17(22)24/h12-14H,2-11H2,1H3. The lowest BCUT2D eigenvalue weighted by Crippen LogP contribution is -2.38. The lowest BCUT2D eigenvalue weighted by Gasteiger charge is -2.32. The topological polar surface area (TPSA) is 87.7 Å². The normalized spacial score (nSPS) is 18.7. The first-order chi connectivity index (χ1) is 13.3. The van der Waals surface area contributed by atoms with Gasteiger partial charge in [-0.05, 0) is 31.7 Å². The summed E-state index contributed by atoms with van der Waals surface area (Å²) >= 11 is 5.93. The van der Waals surface area contributed by atoms with Gasteiger partial charge in [-0.3, -0.25) is 14.6 Å². The molecule has 0 bridgehead atoms. The molecule has 1 aromatic rings. The van der Waals surface area contributed by atoms with Crippen LogP contribution in [-0.2, 0) is 19.4 Å². The van der Waals surface area contributed by atoms with Crippen LogP contribution in [0, 0.1) is 0 Å². The van der Waals surface area contributed by atoms with E-state index in [1.165, 1.54) is 12.3 Å². The molecule has 0 spiro atoms. The second-order valence-corrected chi connectivity index (χ2v) is 9.97. The van der Waals surface area contributed by atoms with Crippen molar-refractivity contribution in [2.75, 3.05) is 32.4 Å². The minimum Gasteiger partial charge on any atom is -0.343 e. The number of aromatic nitrogens is 1. The molecule has 154 valence electrons. The number of likely N-dealkylation sites (tertiary alicyclic amines) is 2. The van der Waals surface area contributed by atoms with Gasteiger partial charge in [-0.15, -0.1) is 0 Å². The van der Waals surface area contributed by atoms with Crippen molar-refractivity contribution < 1.29 is 18.0 Å². The predicted octanol–water partition coefficient (Wildman–Crippen LogP) is 2.25. The SMILES string of the molecule is CS(=O)(=O)c1cc(Cl)cnc1C1CCN(C(=O)CCCN2CCCC2=O)CC1. The molecule has 2 aliphatic rings. The van der Waals surface area contributed by atoms with Crippen LogP contribution >= 0.6 is 11.6 Å². The molecular formula is C19H26ClN3O4S. The average Bonchev–Trinajstić information content (AvgIpc) is 3.06. The smallest absolute Gasteiger partial charge is 0.222 e. The third-order valence-electron chi connectivity index (χ3n) is 5.47. The molecular weight excluding hydrogens is 402 g/mol. The van der Waals surface area contributed by atoms with Crippen LogP contribution in [0.25, 0.3) is 0 Å². The molecule has 0 unspecified atom stereocenters. The number of carbonyl (C=O) groups excluding carboxylic acids is 2. The Labute approximate surface area is 171 Å². The Morgan fingerprint density at radius 3 is 2.61 bits per heavy atom. The van der Waals surface area contributed by atoms with Gasteiger partial charge in [-0.2, -0.15) is 0 Å². The highest BCUT2D eigenvalue weighted by atomic mass is 35.5. The first kappa shape index (κ1) is 21.0. The number of rotatable bonds is 6. The molecule has 2 fully saturated rings. The van der Waals surface area contributed by atoms with Crippen molar-refractivity contribution >= 4 is 33.3 Å². The van der Waals surface area contributed by atoms with Crippen LogP contribution in [0.1, 0.15) is 50.1 Å². The lowest BCUT2D eigenvalue weighted by molar-refractivity contribution is -0.133. The predicted molar refractivity (Wildman–Crippen MR) is 106 cm³/mol. The van der Waals surface area contributed by atoms with E-state index >= 15 is 0 Å². The molecule has 0 N–H and O–H groups in total. The van der Waals surface area contributed by atoms with Gasteiger partial charge in [-0.25, -0.2) is 8.42 Å².